The fraction of sp³-hybridized carbons (Fsp3) is 0.389. The molecule has 1 N–H and O–H groups in total. The summed E-state index contributed by atoms with van der Waals surface area (Å²) in [6.07, 6.45) is 7.22. The van der Waals surface area contributed by atoms with Gasteiger partial charge in [0.25, 0.3) is 5.91 Å². The zero-order valence-electron chi connectivity index (χ0n) is 26.7. The number of aromatic nitrogens is 1. The molecule has 2 aliphatic rings. The number of rotatable bonds is 10. The Balaban J connectivity index is 1.21. The maximum absolute atomic E-state index is 13.5. The minimum atomic E-state index is -0.673. The van der Waals surface area contributed by atoms with E-state index in [9.17, 15) is 14.4 Å². The molecule has 2 aliphatic heterocycles. The van der Waals surface area contributed by atoms with Crippen LogP contribution >= 0.6 is 0 Å². The van der Waals surface area contributed by atoms with Gasteiger partial charge in [0.05, 0.1) is 6.04 Å². The largest absolute Gasteiger partial charge is 0.443 e. The van der Waals surface area contributed by atoms with Gasteiger partial charge in [-0.2, -0.15) is 0 Å². The summed E-state index contributed by atoms with van der Waals surface area (Å²) in [5, 5.41) is 0. The third-order valence-corrected chi connectivity index (χ3v) is 7.73. The summed E-state index contributed by atoms with van der Waals surface area (Å²) < 4.78 is 11.2. The van der Waals surface area contributed by atoms with E-state index in [0.717, 1.165) is 37.8 Å². The van der Waals surface area contributed by atoms with E-state index in [0.29, 0.717) is 42.2 Å². The van der Waals surface area contributed by atoms with E-state index in [-0.39, 0.29) is 11.8 Å². The van der Waals surface area contributed by atoms with Crippen molar-refractivity contribution in [1.82, 2.24) is 15.4 Å². The van der Waals surface area contributed by atoms with Crippen LogP contribution in [0.2, 0.25) is 0 Å². The molecule has 2 atom stereocenters. The van der Waals surface area contributed by atoms with Crippen LogP contribution in [0.5, 0.6) is 0 Å². The van der Waals surface area contributed by atoms with Crippen LogP contribution in [0.1, 0.15) is 73.5 Å². The zero-order valence-corrected chi connectivity index (χ0v) is 26.7. The van der Waals surface area contributed by atoms with Crippen molar-refractivity contribution in [1.29, 1.82) is 0 Å². The average Bonchev–Trinajstić information content (AvgIpc) is 3.51. The quantitative estimate of drug-likeness (QED) is 0.168. The summed E-state index contributed by atoms with van der Waals surface area (Å²) in [5.41, 5.74) is 4.82. The SMILES string of the molecule is CC(C)(C)OC(=O)N(c1ccc(C=CC(=O)NOC2CCCCO2)cn1)[C@@H]1CCN(Cc2ccc(C(=O)c3ccccc3)cc2)C1. The fourth-order valence-corrected chi connectivity index (χ4v) is 5.46. The lowest BCUT2D eigenvalue weighted by molar-refractivity contribution is -0.198. The van der Waals surface area contributed by atoms with Crippen molar-refractivity contribution in [3.63, 3.8) is 0 Å². The summed E-state index contributed by atoms with van der Waals surface area (Å²) in [4.78, 5) is 52.3. The minimum Gasteiger partial charge on any atom is -0.443 e. The van der Waals surface area contributed by atoms with Crippen LogP contribution in [-0.2, 0) is 25.7 Å². The third-order valence-electron chi connectivity index (χ3n) is 7.73. The highest BCUT2D eigenvalue weighted by Crippen LogP contribution is 2.26. The Labute approximate surface area is 270 Å². The van der Waals surface area contributed by atoms with Gasteiger partial charge in [0, 0.05) is 56.1 Å². The Morgan fingerprint density at radius 3 is 2.43 bits per heavy atom. The fourth-order valence-electron chi connectivity index (χ4n) is 5.46. The number of carbonyl (C=O) groups excluding carboxylic acids is 3. The van der Waals surface area contributed by atoms with Crippen LogP contribution in [0.4, 0.5) is 10.6 Å². The molecule has 3 aromatic rings. The summed E-state index contributed by atoms with van der Waals surface area (Å²) in [6, 6.07) is 20.4. The number of likely N-dealkylation sites (tertiary alicyclic amines) is 1. The number of hydrogen-bond donors (Lipinski definition) is 1. The van der Waals surface area contributed by atoms with Crippen molar-refractivity contribution in [3.05, 3.63) is 101 Å². The van der Waals surface area contributed by atoms with Crippen LogP contribution in [0.25, 0.3) is 6.08 Å². The lowest BCUT2D eigenvalue weighted by atomic mass is 10.0. The van der Waals surface area contributed by atoms with Crippen LogP contribution in [-0.4, -0.2) is 65.3 Å². The van der Waals surface area contributed by atoms with Crippen molar-refractivity contribution in [2.75, 3.05) is 24.6 Å². The minimum absolute atomic E-state index is 0.00237. The van der Waals surface area contributed by atoms with E-state index in [1.807, 2.05) is 75.4 Å². The number of ketones is 1. The molecule has 2 amide bonds. The van der Waals surface area contributed by atoms with Crippen molar-refractivity contribution < 1.29 is 28.7 Å². The second kappa shape index (κ2) is 15.3. The molecule has 0 bridgehead atoms. The van der Waals surface area contributed by atoms with E-state index in [1.54, 1.807) is 29.3 Å². The number of nitrogens with one attached hydrogen (secondary N) is 1. The molecule has 242 valence electrons. The van der Waals surface area contributed by atoms with Gasteiger partial charge in [-0.15, -0.1) is 0 Å². The molecule has 1 unspecified atom stereocenters. The number of anilines is 1. The van der Waals surface area contributed by atoms with Gasteiger partial charge in [-0.1, -0.05) is 54.6 Å². The van der Waals surface area contributed by atoms with Gasteiger partial charge in [-0.25, -0.2) is 20.1 Å². The number of hydrogen-bond acceptors (Lipinski definition) is 8. The molecule has 2 fully saturated rings. The first-order valence-electron chi connectivity index (χ1n) is 15.8. The maximum atomic E-state index is 13.5. The predicted molar refractivity (Wildman–Crippen MR) is 175 cm³/mol. The van der Waals surface area contributed by atoms with E-state index in [1.165, 1.54) is 6.08 Å². The van der Waals surface area contributed by atoms with Crippen molar-refractivity contribution in [2.45, 2.75) is 70.9 Å². The number of amides is 2. The summed E-state index contributed by atoms with van der Waals surface area (Å²) in [7, 11) is 0. The molecule has 0 saturated carbocycles. The third kappa shape index (κ3) is 9.32. The van der Waals surface area contributed by atoms with Crippen LogP contribution in [0, 0.1) is 0 Å². The van der Waals surface area contributed by atoms with Gasteiger partial charge >= 0.3 is 6.09 Å². The smallest absolute Gasteiger partial charge is 0.416 e. The first kappa shape index (κ1) is 33.0. The monoisotopic (exact) mass is 626 g/mol. The number of nitrogens with zero attached hydrogens (tertiary/aromatic N) is 3. The molecule has 46 heavy (non-hydrogen) atoms. The molecule has 0 aliphatic carbocycles. The lowest BCUT2D eigenvalue weighted by Crippen LogP contribution is -2.45. The van der Waals surface area contributed by atoms with Crippen LogP contribution in [0.3, 0.4) is 0 Å². The number of ether oxygens (including phenoxy) is 2. The maximum Gasteiger partial charge on any atom is 0.416 e. The molecule has 10 heteroatoms. The number of carbonyl (C=O) groups is 3. The normalized spacial score (nSPS) is 18.8. The molecule has 0 radical (unpaired) electrons. The molecule has 10 nitrogen and oxygen atoms in total. The average molecular weight is 627 g/mol. The summed E-state index contributed by atoms with van der Waals surface area (Å²) >= 11 is 0. The molecule has 5 rings (SSSR count). The Hall–Kier alpha value is -4.38. The highest BCUT2D eigenvalue weighted by molar-refractivity contribution is 6.08. The lowest BCUT2D eigenvalue weighted by Gasteiger charge is -2.31. The number of benzene rings is 2. The Morgan fingerprint density at radius 1 is 1.00 bits per heavy atom. The van der Waals surface area contributed by atoms with E-state index < -0.39 is 23.9 Å². The Morgan fingerprint density at radius 2 is 1.76 bits per heavy atom. The number of pyridine rings is 1. The zero-order chi connectivity index (χ0) is 32.5. The van der Waals surface area contributed by atoms with Gasteiger partial charge in [0.2, 0.25) is 0 Å². The van der Waals surface area contributed by atoms with Crippen LogP contribution in [0.15, 0.2) is 79.0 Å². The van der Waals surface area contributed by atoms with E-state index >= 15 is 0 Å². The summed E-state index contributed by atoms with van der Waals surface area (Å²) in [5.74, 6) is 0.0683. The van der Waals surface area contributed by atoms with Gasteiger partial charge in [0.1, 0.15) is 11.4 Å². The Kier molecular flexibility index (Phi) is 11.0. The van der Waals surface area contributed by atoms with Crippen molar-refractivity contribution in [3.8, 4) is 0 Å². The van der Waals surface area contributed by atoms with Gasteiger partial charge < -0.3 is 9.47 Å². The molecular formula is C36H42N4O6. The topological polar surface area (TPSA) is 110 Å². The second-order valence-corrected chi connectivity index (χ2v) is 12.6. The second-order valence-electron chi connectivity index (χ2n) is 12.6. The van der Waals surface area contributed by atoms with Gasteiger partial charge in [0.15, 0.2) is 12.1 Å². The molecular weight excluding hydrogens is 584 g/mol. The number of hydroxylamine groups is 1. The summed E-state index contributed by atoms with van der Waals surface area (Å²) in [6.45, 7) is 8.26. The highest BCUT2D eigenvalue weighted by Gasteiger charge is 2.35. The van der Waals surface area contributed by atoms with Crippen LogP contribution < -0.4 is 10.4 Å². The van der Waals surface area contributed by atoms with Gasteiger partial charge in [-0.05, 0) is 69.4 Å². The van der Waals surface area contributed by atoms with Crippen molar-refractivity contribution in [2.24, 2.45) is 0 Å². The van der Waals surface area contributed by atoms with E-state index in [2.05, 4.69) is 15.4 Å². The molecule has 2 saturated heterocycles. The highest BCUT2D eigenvalue weighted by atomic mass is 16.8. The molecule has 2 aromatic carbocycles. The van der Waals surface area contributed by atoms with Crippen molar-refractivity contribution >= 4 is 29.7 Å². The van der Waals surface area contributed by atoms with E-state index in [4.69, 9.17) is 14.3 Å². The molecule has 0 spiro atoms. The predicted octanol–water partition coefficient (Wildman–Crippen LogP) is 5.92. The standard InChI is InChI=1S/C36H42N4O6/c1-36(2,3)45-35(43)40(31-18-14-26(23-37-31)15-19-32(41)38-46-33-11-7-8-22-44-33)30-20-21-39(25-30)24-27-12-16-29(17-13-27)34(42)28-9-5-4-6-10-28/h4-6,9-10,12-19,23,30,33H,7-8,11,20-22,24-25H2,1-3H3,(H,38,41)/t30-,33?/m1/s1. The Bertz CT molecular complexity index is 1500. The first-order chi connectivity index (χ1) is 22.1. The molecule has 1 aromatic heterocycles. The van der Waals surface area contributed by atoms with Gasteiger partial charge in [-0.3, -0.25) is 19.4 Å². The molecule has 3 heterocycles. The first-order valence-corrected chi connectivity index (χ1v) is 15.8.